The number of aliphatic hydroxyl groups excluding tert-OH is 1. The summed E-state index contributed by atoms with van der Waals surface area (Å²) in [7, 11) is 1.60. The van der Waals surface area contributed by atoms with Crippen molar-refractivity contribution in [3.63, 3.8) is 0 Å². The molecule has 2 N–H and O–H groups in total. The normalized spacial score (nSPS) is 20.8. The first-order valence-electron chi connectivity index (χ1n) is 7.00. The van der Waals surface area contributed by atoms with Crippen molar-refractivity contribution in [3.8, 4) is 5.75 Å². The van der Waals surface area contributed by atoms with Crippen molar-refractivity contribution in [1.82, 2.24) is 0 Å². The fourth-order valence-corrected chi connectivity index (χ4v) is 3.01. The summed E-state index contributed by atoms with van der Waals surface area (Å²) in [6, 6.07) is 12.7. The lowest BCUT2D eigenvalue weighted by Gasteiger charge is -2.20. The van der Waals surface area contributed by atoms with Gasteiger partial charge in [-0.05, 0) is 41.8 Å². The Morgan fingerprint density at radius 2 is 1.95 bits per heavy atom. The maximum Gasteiger partial charge on any atom is 0.253 e. The fraction of sp³-hybridized carbons (Fsp3) is 0.235. The molecule has 0 saturated carbocycles. The van der Waals surface area contributed by atoms with Crippen LogP contribution in [0, 0.1) is 0 Å². The Bertz CT molecular complexity index is 700. The zero-order chi connectivity index (χ0) is 15.7. The number of hydrogen-bond donors (Lipinski definition) is 2. The van der Waals surface area contributed by atoms with Gasteiger partial charge in [0, 0.05) is 16.6 Å². The van der Waals surface area contributed by atoms with E-state index in [1.807, 2.05) is 24.3 Å². The summed E-state index contributed by atoms with van der Waals surface area (Å²) >= 11 is 6.26. The largest absolute Gasteiger partial charge is 0.497 e. The molecule has 1 aliphatic rings. The van der Waals surface area contributed by atoms with E-state index in [4.69, 9.17) is 16.3 Å². The number of hydrogen-bond acceptors (Lipinski definition) is 3. The van der Waals surface area contributed by atoms with Crippen molar-refractivity contribution in [1.29, 1.82) is 0 Å². The quantitative estimate of drug-likeness (QED) is 0.895. The lowest BCUT2D eigenvalue weighted by molar-refractivity contribution is -0.124. The van der Waals surface area contributed by atoms with E-state index >= 15 is 0 Å². The number of benzene rings is 2. The number of carbonyl (C=O) groups excluding carboxylic acids is 1. The van der Waals surface area contributed by atoms with Crippen LogP contribution in [0.4, 0.5) is 5.69 Å². The molecule has 0 radical (unpaired) electrons. The first-order chi connectivity index (χ1) is 10.6. The average molecular weight is 318 g/mol. The van der Waals surface area contributed by atoms with Crippen molar-refractivity contribution in [2.24, 2.45) is 0 Å². The van der Waals surface area contributed by atoms with Crippen molar-refractivity contribution in [2.75, 3.05) is 12.4 Å². The van der Waals surface area contributed by atoms with Gasteiger partial charge in [0.2, 0.25) is 0 Å². The highest BCUT2D eigenvalue weighted by Gasteiger charge is 2.32. The van der Waals surface area contributed by atoms with Gasteiger partial charge in [0.1, 0.15) is 11.9 Å². The fourth-order valence-electron chi connectivity index (χ4n) is 2.76. The Morgan fingerprint density at radius 1 is 1.23 bits per heavy atom. The second kappa shape index (κ2) is 5.99. The van der Waals surface area contributed by atoms with Crippen LogP contribution in [0.1, 0.15) is 17.0 Å². The third-order valence-electron chi connectivity index (χ3n) is 3.99. The molecule has 1 aliphatic heterocycles. The van der Waals surface area contributed by atoms with Crippen LogP contribution in [0.5, 0.6) is 5.75 Å². The van der Waals surface area contributed by atoms with Gasteiger partial charge >= 0.3 is 0 Å². The Balaban J connectivity index is 2.02. The molecule has 22 heavy (non-hydrogen) atoms. The zero-order valence-corrected chi connectivity index (χ0v) is 12.8. The molecule has 1 amide bonds. The van der Waals surface area contributed by atoms with Gasteiger partial charge < -0.3 is 15.2 Å². The topological polar surface area (TPSA) is 58.6 Å². The van der Waals surface area contributed by atoms with E-state index in [2.05, 4.69) is 5.32 Å². The van der Waals surface area contributed by atoms with Gasteiger partial charge in [0.15, 0.2) is 0 Å². The smallest absolute Gasteiger partial charge is 0.253 e. The molecule has 0 saturated heterocycles. The van der Waals surface area contributed by atoms with Crippen LogP contribution in [0.3, 0.4) is 0 Å². The number of halogens is 1. The van der Waals surface area contributed by atoms with Gasteiger partial charge in [-0.1, -0.05) is 29.8 Å². The second-order valence-corrected chi connectivity index (χ2v) is 5.69. The minimum Gasteiger partial charge on any atom is -0.497 e. The number of carbonyl (C=O) groups is 1. The molecule has 4 nitrogen and oxygen atoms in total. The lowest BCUT2D eigenvalue weighted by atomic mass is 9.88. The Labute approximate surface area is 133 Å². The molecule has 0 bridgehead atoms. The maximum absolute atomic E-state index is 12.2. The molecular weight excluding hydrogens is 302 g/mol. The summed E-state index contributed by atoms with van der Waals surface area (Å²) in [5.41, 5.74) is 2.37. The van der Waals surface area contributed by atoms with E-state index in [1.54, 1.807) is 25.3 Å². The van der Waals surface area contributed by atoms with Crippen LogP contribution >= 0.6 is 11.6 Å². The molecule has 2 aromatic rings. The van der Waals surface area contributed by atoms with Gasteiger partial charge in [-0.2, -0.15) is 0 Å². The number of ether oxygens (including phenoxy) is 1. The third kappa shape index (κ3) is 2.67. The zero-order valence-electron chi connectivity index (χ0n) is 12.0. The summed E-state index contributed by atoms with van der Waals surface area (Å²) in [6.07, 6.45) is -0.641. The van der Waals surface area contributed by atoms with Crippen LogP contribution < -0.4 is 10.1 Å². The monoisotopic (exact) mass is 317 g/mol. The second-order valence-electron chi connectivity index (χ2n) is 5.28. The van der Waals surface area contributed by atoms with Crippen molar-refractivity contribution in [2.45, 2.75) is 18.4 Å². The molecule has 0 spiro atoms. The van der Waals surface area contributed by atoms with Gasteiger partial charge in [0.05, 0.1) is 7.11 Å². The average Bonchev–Trinajstić information content (AvgIpc) is 2.66. The minimum absolute atomic E-state index is 0.355. The van der Waals surface area contributed by atoms with Gasteiger partial charge in [-0.15, -0.1) is 0 Å². The molecule has 2 aromatic carbocycles. The predicted molar refractivity (Wildman–Crippen MR) is 85.5 cm³/mol. The van der Waals surface area contributed by atoms with Crippen LogP contribution in [-0.2, 0) is 11.2 Å². The van der Waals surface area contributed by atoms with Crippen LogP contribution in [0.15, 0.2) is 42.5 Å². The van der Waals surface area contributed by atoms with Gasteiger partial charge in [-0.25, -0.2) is 0 Å². The molecule has 1 heterocycles. The molecule has 5 heteroatoms. The van der Waals surface area contributed by atoms with Gasteiger partial charge in [-0.3, -0.25) is 4.79 Å². The third-order valence-corrected chi connectivity index (χ3v) is 4.35. The molecular formula is C17H16ClNO3. The SMILES string of the molecule is COc1ccc([C@H]2Cc3c(Cl)cccc3NC(=O)[C@H]2O)cc1. The molecule has 0 fully saturated rings. The van der Waals surface area contributed by atoms with Crippen molar-refractivity contribution >= 4 is 23.2 Å². The summed E-state index contributed by atoms with van der Waals surface area (Å²) in [5, 5.41) is 13.7. The molecule has 0 aliphatic carbocycles. The molecule has 3 rings (SSSR count). The number of methoxy groups -OCH3 is 1. The molecule has 2 atom stereocenters. The van der Waals surface area contributed by atoms with Crippen molar-refractivity contribution in [3.05, 3.63) is 58.6 Å². The summed E-state index contributed by atoms with van der Waals surface area (Å²) in [4.78, 5) is 12.2. The number of rotatable bonds is 2. The van der Waals surface area contributed by atoms with E-state index in [1.165, 1.54) is 0 Å². The van der Waals surface area contributed by atoms with E-state index < -0.39 is 12.0 Å². The number of fused-ring (bicyclic) bond motifs is 1. The number of anilines is 1. The first kappa shape index (κ1) is 14.9. The van der Waals surface area contributed by atoms with E-state index in [9.17, 15) is 9.90 Å². The van der Waals surface area contributed by atoms with Crippen molar-refractivity contribution < 1.29 is 14.6 Å². The lowest BCUT2D eigenvalue weighted by Crippen LogP contribution is -2.31. The van der Waals surface area contributed by atoms with E-state index in [-0.39, 0.29) is 5.92 Å². The standard InChI is InChI=1S/C17H16ClNO3/c1-22-11-7-5-10(6-8-11)12-9-13-14(18)3-2-4-15(13)19-17(21)16(12)20/h2-8,12,16,20H,9H2,1H3,(H,19,21)/t12-,16+/m1/s1. The number of aliphatic hydroxyl groups is 1. The molecule has 114 valence electrons. The van der Waals surface area contributed by atoms with Gasteiger partial charge in [0.25, 0.3) is 5.91 Å². The number of nitrogens with one attached hydrogen (secondary N) is 1. The highest BCUT2D eigenvalue weighted by Crippen LogP contribution is 2.35. The Morgan fingerprint density at radius 3 is 2.64 bits per heavy atom. The predicted octanol–water partition coefficient (Wildman–Crippen LogP) is 2.99. The number of amides is 1. The van der Waals surface area contributed by atoms with Crippen LogP contribution in [0.2, 0.25) is 5.02 Å². The maximum atomic E-state index is 12.2. The Kier molecular flexibility index (Phi) is 4.05. The highest BCUT2D eigenvalue weighted by atomic mass is 35.5. The minimum atomic E-state index is -1.13. The highest BCUT2D eigenvalue weighted by molar-refractivity contribution is 6.32. The molecule has 0 aromatic heterocycles. The first-order valence-corrected chi connectivity index (χ1v) is 7.38. The summed E-state index contributed by atoms with van der Waals surface area (Å²) in [6.45, 7) is 0. The molecule has 0 unspecified atom stereocenters. The van der Waals surface area contributed by atoms with E-state index in [0.29, 0.717) is 17.1 Å². The summed E-state index contributed by atoms with van der Waals surface area (Å²) < 4.78 is 5.14. The summed E-state index contributed by atoms with van der Waals surface area (Å²) in [5.74, 6) is -0.0383. The van der Waals surface area contributed by atoms with Crippen LogP contribution in [0.25, 0.3) is 0 Å². The Hall–Kier alpha value is -2.04. The van der Waals surface area contributed by atoms with Crippen LogP contribution in [-0.4, -0.2) is 24.2 Å². The van der Waals surface area contributed by atoms with E-state index in [0.717, 1.165) is 16.9 Å².